The van der Waals surface area contributed by atoms with Crippen LogP contribution in [0.3, 0.4) is 0 Å². The summed E-state index contributed by atoms with van der Waals surface area (Å²) >= 11 is 0. The second-order valence-electron chi connectivity index (χ2n) is 8.86. The Labute approximate surface area is 199 Å². The molecule has 4 aromatic rings. The summed E-state index contributed by atoms with van der Waals surface area (Å²) in [5.41, 5.74) is 5.10. The van der Waals surface area contributed by atoms with Crippen LogP contribution in [0.5, 0.6) is 6.01 Å². The molecule has 8 heteroatoms. The van der Waals surface area contributed by atoms with E-state index in [1.54, 1.807) is 0 Å². The summed E-state index contributed by atoms with van der Waals surface area (Å²) in [4.78, 5) is 13.9. The fourth-order valence-corrected chi connectivity index (χ4v) is 4.10. The minimum absolute atomic E-state index is 0.232. The minimum Gasteiger partial charge on any atom is -0.462 e. The third kappa shape index (κ3) is 5.03. The molecule has 0 spiro atoms. The summed E-state index contributed by atoms with van der Waals surface area (Å²) in [6, 6.07) is 19.8. The number of hydrogen-bond acceptors (Lipinski definition) is 7. The highest BCUT2D eigenvalue weighted by Crippen LogP contribution is 2.25. The topological polar surface area (TPSA) is 88.9 Å². The molecule has 8 nitrogen and oxygen atoms in total. The van der Waals surface area contributed by atoms with Crippen LogP contribution in [0.4, 0.5) is 5.82 Å². The first-order chi connectivity index (χ1) is 16.7. The number of nitrogens with one attached hydrogen (secondary N) is 3. The Bertz CT molecular complexity index is 1220. The monoisotopic (exact) mass is 457 g/mol. The van der Waals surface area contributed by atoms with Gasteiger partial charge in [0.1, 0.15) is 6.61 Å². The Hall–Kier alpha value is -3.49. The Kier molecular flexibility index (Phi) is 6.69. The number of benzene rings is 2. The highest BCUT2D eigenvalue weighted by molar-refractivity contribution is 5.83. The highest BCUT2D eigenvalue weighted by Gasteiger charge is 2.18. The number of piperazine rings is 1. The molecular formula is C26H31N7O. The van der Waals surface area contributed by atoms with E-state index in [4.69, 9.17) is 4.74 Å². The summed E-state index contributed by atoms with van der Waals surface area (Å²) in [5, 5.41) is 10.3. The molecule has 1 unspecified atom stereocenters. The quantitative estimate of drug-likeness (QED) is 0.372. The van der Waals surface area contributed by atoms with E-state index in [-0.39, 0.29) is 12.1 Å². The lowest BCUT2D eigenvalue weighted by Crippen LogP contribution is -2.51. The molecule has 1 saturated heterocycles. The van der Waals surface area contributed by atoms with Crippen molar-refractivity contribution in [3.63, 3.8) is 0 Å². The molecule has 1 aliphatic heterocycles. The third-order valence-corrected chi connectivity index (χ3v) is 6.02. The number of fused-ring (bicyclic) bond motifs is 1. The molecule has 2 aromatic heterocycles. The second-order valence-corrected chi connectivity index (χ2v) is 8.86. The lowest BCUT2D eigenvalue weighted by Gasteiger charge is -2.24. The average Bonchev–Trinajstić information content (AvgIpc) is 3.32. The predicted molar refractivity (Wildman–Crippen MR) is 135 cm³/mol. The van der Waals surface area contributed by atoms with Crippen molar-refractivity contribution in [1.82, 2.24) is 30.2 Å². The zero-order valence-corrected chi connectivity index (χ0v) is 19.7. The van der Waals surface area contributed by atoms with E-state index in [1.807, 2.05) is 17.0 Å². The van der Waals surface area contributed by atoms with Crippen LogP contribution in [0.25, 0.3) is 22.3 Å². The van der Waals surface area contributed by atoms with Crippen LogP contribution in [-0.2, 0) is 6.54 Å². The van der Waals surface area contributed by atoms with Gasteiger partial charge in [0, 0.05) is 32.2 Å². The van der Waals surface area contributed by atoms with Crippen LogP contribution in [0.1, 0.15) is 25.5 Å². The second kappa shape index (κ2) is 10.2. The largest absolute Gasteiger partial charge is 0.462 e. The zero-order valence-electron chi connectivity index (χ0n) is 19.7. The van der Waals surface area contributed by atoms with Crippen LogP contribution < -0.4 is 20.7 Å². The van der Waals surface area contributed by atoms with E-state index < -0.39 is 0 Å². The van der Waals surface area contributed by atoms with Gasteiger partial charge in [0.2, 0.25) is 0 Å². The van der Waals surface area contributed by atoms with Gasteiger partial charge in [0.25, 0.3) is 0 Å². The lowest BCUT2D eigenvalue weighted by atomic mass is 10.0. The lowest BCUT2D eigenvalue weighted by molar-refractivity contribution is 0.232. The molecule has 0 saturated carbocycles. The Morgan fingerprint density at radius 2 is 1.82 bits per heavy atom. The summed E-state index contributed by atoms with van der Waals surface area (Å²) in [6.07, 6.45) is 1.82. The smallest absolute Gasteiger partial charge is 0.320 e. The van der Waals surface area contributed by atoms with Crippen molar-refractivity contribution in [2.45, 2.75) is 32.5 Å². The molecule has 0 aliphatic carbocycles. The van der Waals surface area contributed by atoms with Gasteiger partial charge in [-0.2, -0.15) is 9.97 Å². The van der Waals surface area contributed by atoms with Gasteiger partial charge in [-0.25, -0.2) is 4.98 Å². The molecule has 0 radical (unpaired) electrons. The van der Waals surface area contributed by atoms with Crippen molar-refractivity contribution in [3.8, 4) is 17.1 Å². The summed E-state index contributed by atoms with van der Waals surface area (Å²) in [5.74, 6) is 0.682. The molecule has 176 valence electrons. The van der Waals surface area contributed by atoms with E-state index >= 15 is 0 Å². The van der Waals surface area contributed by atoms with E-state index in [1.165, 1.54) is 11.1 Å². The number of aromatic nitrogens is 4. The normalized spacial score (nSPS) is 16.1. The van der Waals surface area contributed by atoms with Gasteiger partial charge < -0.3 is 25.3 Å². The first kappa shape index (κ1) is 22.3. The molecule has 3 N–H and O–H groups in total. The fourth-order valence-electron chi connectivity index (χ4n) is 4.10. The first-order valence-corrected chi connectivity index (χ1v) is 11.9. The van der Waals surface area contributed by atoms with Crippen LogP contribution in [-0.4, -0.2) is 51.8 Å². The van der Waals surface area contributed by atoms with Crippen LogP contribution in [0.2, 0.25) is 0 Å². The van der Waals surface area contributed by atoms with Crippen molar-refractivity contribution in [1.29, 1.82) is 0 Å². The molecule has 34 heavy (non-hydrogen) atoms. The summed E-state index contributed by atoms with van der Waals surface area (Å²) in [7, 11) is 0. The van der Waals surface area contributed by atoms with Crippen LogP contribution in [0.15, 0.2) is 60.9 Å². The molecule has 2 aromatic carbocycles. The third-order valence-electron chi connectivity index (χ3n) is 6.02. The number of anilines is 1. The van der Waals surface area contributed by atoms with Gasteiger partial charge >= 0.3 is 6.01 Å². The van der Waals surface area contributed by atoms with Crippen molar-refractivity contribution in [2.75, 3.05) is 31.6 Å². The molecule has 0 amide bonds. The first-order valence-electron chi connectivity index (χ1n) is 11.9. The average molecular weight is 458 g/mol. The van der Waals surface area contributed by atoms with Gasteiger partial charge in [-0.1, -0.05) is 54.6 Å². The molecule has 1 atom stereocenters. The number of hydrogen-bond donors (Lipinski definition) is 3. The SMILES string of the molecule is CC(C)n1cnc2c(NCc3ccc(-c4ccccc4)cc3)nc(OCC3CNCCN3)nc21. The predicted octanol–water partition coefficient (Wildman–Crippen LogP) is 3.63. The van der Waals surface area contributed by atoms with Crippen LogP contribution >= 0.6 is 0 Å². The fraction of sp³-hybridized carbons (Fsp3) is 0.346. The van der Waals surface area contributed by atoms with Crippen LogP contribution in [0, 0.1) is 0 Å². The van der Waals surface area contributed by atoms with E-state index in [0.717, 1.165) is 36.4 Å². The molecule has 3 heterocycles. The Morgan fingerprint density at radius 3 is 2.56 bits per heavy atom. The van der Waals surface area contributed by atoms with Gasteiger partial charge in [-0.15, -0.1) is 0 Å². The standard InChI is InChI=1S/C26H31N7O/c1-18(2)33-17-30-23-24(31-26(32-25(23)33)34-16-22-15-27-12-13-28-22)29-14-19-8-10-21(11-9-19)20-6-4-3-5-7-20/h3-11,17-18,22,27-28H,12-16H2,1-2H3,(H,29,31,32). The minimum atomic E-state index is 0.232. The number of ether oxygens (including phenoxy) is 1. The van der Waals surface area contributed by atoms with Gasteiger partial charge in [-0.3, -0.25) is 0 Å². The maximum atomic E-state index is 6.01. The van der Waals surface area contributed by atoms with Crippen molar-refractivity contribution >= 4 is 17.0 Å². The van der Waals surface area contributed by atoms with E-state index in [2.05, 4.69) is 93.3 Å². The van der Waals surface area contributed by atoms with Crippen molar-refractivity contribution in [3.05, 3.63) is 66.5 Å². The Morgan fingerprint density at radius 1 is 1.03 bits per heavy atom. The summed E-state index contributed by atoms with van der Waals surface area (Å²) < 4.78 is 8.06. The Balaban J connectivity index is 1.34. The highest BCUT2D eigenvalue weighted by atomic mass is 16.5. The van der Waals surface area contributed by atoms with Crippen molar-refractivity contribution < 1.29 is 4.74 Å². The van der Waals surface area contributed by atoms with E-state index in [0.29, 0.717) is 25.0 Å². The molecule has 1 aliphatic rings. The number of nitrogens with zero attached hydrogens (tertiary/aromatic N) is 4. The van der Waals surface area contributed by atoms with Gasteiger partial charge in [-0.05, 0) is 30.5 Å². The molecule has 0 bridgehead atoms. The maximum absolute atomic E-state index is 6.01. The number of imidazole rings is 1. The van der Waals surface area contributed by atoms with E-state index in [9.17, 15) is 0 Å². The maximum Gasteiger partial charge on any atom is 0.320 e. The number of rotatable bonds is 8. The zero-order chi connectivity index (χ0) is 23.3. The van der Waals surface area contributed by atoms with Gasteiger partial charge in [0.15, 0.2) is 17.0 Å². The molecule has 1 fully saturated rings. The van der Waals surface area contributed by atoms with Crippen molar-refractivity contribution in [2.24, 2.45) is 0 Å². The summed E-state index contributed by atoms with van der Waals surface area (Å²) in [6.45, 7) is 8.15. The molecular weight excluding hydrogens is 426 g/mol. The molecule has 5 rings (SSSR count). The van der Waals surface area contributed by atoms with Gasteiger partial charge in [0.05, 0.1) is 12.4 Å².